The number of rotatable bonds is 5. The van der Waals surface area contributed by atoms with Crippen LogP contribution in [0.3, 0.4) is 0 Å². The van der Waals surface area contributed by atoms with Gasteiger partial charge in [-0.1, -0.05) is 70.7 Å². The van der Waals surface area contributed by atoms with Gasteiger partial charge in [-0.15, -0.1) is 0 Å². The molecule has 0 aliphatic carbocycles. The first kappa shape index (κ1) is 24.8. The Hall–Kier alpha value is -4.25. The van der Waals surface area contributed by atoms with Crippen molar-refractivity contribution in [3.05, 3.63) is 127 Å². The van der Waals surface area contributed by atoms with Gasteiger partial charge in [0.15, 0.2) is 0 Å². The molecular formula is C29H21ClN6O2S2. The van der Waals surface area contributed by atoms with E-state index < -0.39 is 5.92 Å². The van der Waals surface area contributed by atoms with Crippen molar-refractivity contribution in [3.8, 4) is 10.3 Å². The van der Waals surface area contributed by atoms with Crippen molar-refractivity contribution in [2.24, 2.45) is 0 Å². The molecule has 0 spiro atoms. The van der Waals surface area contributed by atoms with Gasteiger partial charge in [0.25, 0.3) is 11.1 Å². The summed E-state index contributed by atoms with van der Waals surface area (Å²) in [5.41, 5.74) is 4.12. The minimum atomic E-state index is -0.656. The zero-order valence-corrected chi connectivity index (χ0v) is 23.7. The summed E-state index contributed by atoms with van der Waals surface area (Å²) in [6.45, 7) is 3.69. The molecule has 0 aliphatic rings. The van der Waals surface area contributed by atoms with E-state index >= 15 is 0 Å². The maximum absolute atomic E-state index is 14.1. The van der Waals surface area contributed by atoms with E-state index in [0.29, 0.717) is 37.8 Å². The van der Waals surface area contributed by atoms with Crippen LogP contribution in [-0.2, 0) is 0 Å². The van der Waals surface area contributed by atoms with Crippen molar-refractivity contribution in [3.63, 3.8) is 0 Å². The second-order valence-corrected chi connectivity index (χ2v) is 11.9. The molecule has 11 heteroatoms. The number of H-pyrrole nitrogens is 2. The molecule has 4 aromatic heterocycles. The lowest BCUT2D eigenvalue weighted by atomic mass is 9.85. The highest BCUT2D eigenvalue weighted by Crippen LogP contribution is 2.34. The summed E-state index contributed by atoms with van der Waals surface area (Å²) in [4.78, 5) is 37.5. The molecule has 3 aromatic carbocycles. The van der Waals surface area contributed by atoms with Crippen molar-refractivity contribution in [2.75, 3.05) is 0 Å². The van der Waals surface area contributed by atoms with Crippen LogP contribution in [0, 0.1) is 13.8 Å². The lowest BCUT2D eigenvalue weighted by Gasteiger charge is -2.16. The summed E-state index contributed by atoms with van der Waals surface area (Å²) in [6.07, 6.45) is 0. The van der Waals surface area contributed by atoms with Gasteiger partial charge in [0.2, 0.25) is 10.3 Å². The monoisotopic (exact) mass is 584 g/mol. The molecule has 7 rings (SSSR count). The maximum atomic E-state index is 14.1. The molecule has 0 amide bonds. The van der Waals surface area contributed by atoms with Gasteiger partial charge in [0.05, 0.1) is 31.6 Å². The summed E-state index contributed by atoms with van der Waals surface area (Å²) in [5.74, 6) is -0.656. The van der Waals surface area contributed by atoms with Crippen LogP contribution < -0.4 is 11.1 Å². The topological polar surface area (TPSA) is 101 Å². The van der Waals surface area contributed by atoms with Crippen molar-refractivity contribution in [1.29, 1.82) is 0 Å². The predicted octanol–water partition coefficient (Wildman–Crippen LogP) is 6.31. The van der Waals surface area contributed by atoms with E-state index in [9.17, 15) is 9.59 Å². The number of aromatic amines is 2. The Morgan fingerprint density at radius 3 is 1.60 bits per heavy atom. The van der Waals surface area contributed by atoms with Crippen molar-refractivity contribution in [2.45, 2.75) is 19.8 Å². The average Bonchev–Trinajstić information content (AvgIpc) is 3.70. The standard InChI is InChI=1S/C29H21ClN6O2S2/c1-15-23(26(37)35(33-15)28-31-19-7-3-5-9-21(19)39-28)25(17-11-13-18(30)14-12-17)24-16(2)34-36(27(24)38)29-32-20-8-4-6-10-22(20)40-29/h3-14,25,33-34H,1-2H3. The number of para-hydroxylation sites is 2. The van der Waals surface area contributed by atoms with E-state index in [-0.39, 0.29) is 11.1 Å². The number of nitrogens with one attached hydrogen (secondary N) is 2. The van der Waals surface area contributed by atoms with Gasteiger partial charge in [-0.05, 0) is 55.8 Å². The van der Waals surface area contributed by atoms with Gasteiger partial charge < -0.3 is 0 Å². The summed E-state index contributed by atoms with van der Waals surface area (Å²) < 4.78 is 4.89. The maximum Gasteiger partial charge on any atom is 0.277 e. The lowest BCUT2D eigenvalue weighted by Crippen LogP contribution is -2.25. The second kappa shape index (κ2) is 9.44. The SMILES string of the molecule is Cc1[nH]n(-c2nc3ccccc3s2)c(=O)c1C(c1ccc(Cl)cc1)c1c(C)[nH]n(-c2nc3ccccc3s2)c1=O. The van der Waals surface area contributed by atoms with Gasteiger partial charge in [-0.25, -0.2) is 9.97 Å². The Morgan fingerprint density at radius 1 is 0.700 bits per heavy atom. The molecule has 0 bridgehead atoms. The quantitative estimate of drug-likeness (QED) is 0.247. The highest BCUT2D eigenvalue weighted by Gasteiger charge is 2.31. The highest BCUT2D eigenvalue weighted by molar-refractivity contribution is 7.21. The largest absolute Gasteiger partial charge is 0.293 e. The Balaban J connectivity index is 1.44. The van der Waals surface area contributed by atoms with Gasteiger partial charge in [0.1, 0.15) is 0 Å². The van der Waals surface area contributed by atoms with Crippen LogP contribution in [0.5, 0.6) is 0 Å². The molecular weight excluding hydrogens is 564 g/mol. The Kier molecular flexibility index (Phi) is 5.85. The fraction of sp³-hybridized carbons (Fsp3) is 0.103. The van der Waals surface area contributed by atoms with Crippen LogP contribution in [0.25, 0.3) is 30.7 Å². The fourth-order valence-electron chi connectivity index (χ4n) is 5.11. The first-order valence-corrected chi connectivity index (χ1v) is 14.5. The van der Waals surface area contributed by atoms with Crippen LogP contribution in [0.1, 0.15) is 34.0 Å². The number of aromatic nitrogens is 6. The second-order valence-electron chi connectivity index (χ2n) is 9.49. The van der Waals surface area contributed by atoms with E-state index in [2.05, 4.69) is 20.2 Å². The lowest BCUT2D eigenvalue weighted by molar-refractivity contribution is 0.824. The minimum absolute atomic E-state index is 0.261. The minimum Gasteiger partial charge on any atom is -0.293 e. The van der Waals surface area contributed by atoms with Crippen LogP contribution in [-0.4, -0.2) is 29.5 Å². The van der Waals surface area contributed by atoms with Gasteiger partial charge in [-0.2, -0.15) is 9.36 Å². The molecule has 7 aromatic rings. The number of benzene rings is 3. The van der Waals surface area contributed by atoms with Gasteiger partial charge in [-0.3, -0.25) is 19.8 Å². The molecule has 0 saturated carbocycles. The molecule has 2 N–H and O–H groups in total. The number of nitrogens with zero attached hydrogens (tertiary/aromatic N) is 4. The van der Waals surface area contributed by atoms with Crippen molar-refractivity contribution < 1.29 is 0 Å². The smallest absolute Gasteiger partial charge is 0.277 e. The van der Waals surface area contributed by atoms with Gasteiger partial charge in [0, 0.05) is 22.3 Å². The third kappa shape index (κ3) is 3.95. The number of hydrogen-bond donors (Lipinski definition) is 2. The number of thiazole rings is 2. The number of fused-ring (bicyclic) bond motifs is 2. The molecule has 40 heavy (non-hydrogen) atoms. The Bertz CT molecular complexity index is 1960. The molecule has 4 heterocycles. The van der Waals surface area contributed by atoms with E-state index in [1.165, 1.54) is 32.0 Å². The summed E-state index contributed by atoms with van der Waals surface area (Å²) in [6, 6.07) is 22.8. The molecule has 0 unspecified atom stereocenters. The molecule has 8 nitrogen and oxygen atoms in total. The van der Waals surface area contributed by atoms with E-state index in [1.54, 1.807) is 12.1 Å². The molecule has 0 atom stereocenters. The van der Waals surface area contributed by atoms with Crippen molar-refractivity contribution in [1.82, 2.24) is 29.5 Å². The van der Waals surface area contributed by atoms with Crippen molar-refractivity contribution >= 4 is 54.7 Å². The zero-order valence-electron chi connectivity index (χ0n) is 21.3. The number of halogens is 1. The van der Waals surface area contributed by atoms with E-state index in [4.69, 9.17) is 11.6 Å². The van der Waals surface area contributed by atoms with E-state index in [1.807, 2.05) is 74.5 Å². The summed E-state index contributed by atoms with van der Waals surface area (Å²) in [5, 5.41) is 8.06. The normalized spacial score (nSPS) is 11.8. The molecule has 0 radical (unpaired) electrons. The third-order valence-electron chi connectivity index (χ3n) is 6.96. The molecule has 0 aliphatic heterocycles. The summed E-state index contributed by atoms with van der Waals surface area (Å²) >= 11 is 9.07. The summed E-state index contributed by atoms with van der Waals surface area (Å²) in [7, 11) is 0. The highest BCUT2D eigenvalue weighted by atomic mass is 35.5. The van der Waals surface area contributed by atoms with E-state index in [0.717, 1.165) is 26.0 Å². The predicted molar refractivity (Wildman–Crippen MR) is 161 cm³/mol. The molecule has 0 saturated heterocycles. The van der Waals surface area contributed by atoms with Crippen LogP contribution in [0.15, 0.2) is 82.4 Å². The third-order valence-corrected chi connectivity index (χ3v) is 9.26. The number of aryl methyl sites for hydroxylation is 2. The molecule has 198 valence electrons. The average molecular weight is 585 g/mol. The fourth-order valence-corrected chi connectivity index (χ4v) is 7.09. The van der Waals surface area contributed by atoms with Crippen LogP contribution >= 0.6 is 34.3 Å². The Labute approximate surface area is 240 Å². The van der Waals surface area contributed by atoms with Gasteiger partial charge >= 0.3 is 0 Å². The Morgan fingerprint density at radius 2 is 1.15 bits per heavy atom. The first-order valence-electron chi connectivity index (χ1n) is 12.5. The number of hydrogen-bond acceptors (Lipinski definition) is 6. The van der Waals surface area contributed by atoms with Crippen LogP contribution in [0.2, 0.25) is 5.02 Å². The molecule has 0 fully saturated rings. The zero-order chi connectivity index (χ0) is 27.5. The van der Waals surface area contributed by atoms with Crippen LogP contribution in [0.4, 0.5) is 0 Å². The first-order chi connectivity index (χ1) is 19.4.